The topological polar surface area (TPSA) is 92.7 Å². The second kappa shape index (κ2) is 7.11. The number of carbonyl (C=O) groups is 3. The van der Waals surface area contributed by atoms with Gasteiger partial charge in [-0.15, -0.1) is 0 Å². The zero-order chi connectivity index (χ0) is 14.3. The van der Waals surface area contributed by atoms with Crippen LogP contribution in [-0.2, 0) is 19.1 Å². The van der Waals surface area contributed by atoms with E-state index in [4.69, 9.17) is 4.74 Å². The van der Waals surface area contributed by atoms with Gasteiger partial charge in [-0.3, -0.25) is 14.4 Å². The maximum atomic E-state index is 11.7. The molecule has 1 aliphatic rings. The molecule has 0 heterocycles. The van der Waals surface area contributed by atoms with E-state index in [1.54, 1.807) is 6.92 Å². The van der Waals surface area contributed by atoms with Crippen LogP contribution >= 0.6 is 0 Å². The van der Waals surface area contributed by atoms with Crippen molar-refractivity contribution in [3.8, 4) is 0 Å². The fraction of sp³-hybridized carbons (Fsp3) is 0.769. The lowest BCUT2D eigenvalue weighted by Crippen LogP contribution is -2.36. The fourth-order valence-corrected chi connectivity index (χ4v) is 2.43. The summed E-state index contributed by atoms with van der Waals surface area (Å²) in [5.74, 6) is -1.57. The highest BCUT2D eigenvalue weighted by molar-refractivity contribution is 5.85. The molecule has 0 radical (unpaired) electrons. The summed E-state index contributed by atoms with van der Waals surface area (Å²) in [6.07, 6.45) is 2.90. The van der Waals surface area contributed by atoms with Gasteiger partial charge in [-0.2, -0.15) is 0 Å². The van der Waals surface area contributed by atoms with E-state index < -0.39 is 11.4 Å². The van der Waals surface area contributed by atoms with E-state index in [9.17, 15) is 19.5 Å². The first-order chi connectivity index (χ1) is 9.00. The van der Waals surface area contributed by atoms with Crippen LogP contribution in [0.25, 0.3) is 0 Å². The van der Waals surface area contributed by atoms with E-state index in [1.807, 2.05) is 0 Å². The Bertz CT molecular complexity index is 347. The predicted octanol–water partition coefficient (Wildman–Crippen LogP) is 1.09. The van der Waals surface area contributed by atoms with Crippen molar-refractivity contribution in [1.82, 2.24) is 5.32 Å². The van der Waals surface area contributed by atoms with Crippen molar-refractivity contribution in [2.24, 2.45) is 5.41 Å². The molecule has 108 valence electrons. The Kier molecular flexibility index (Phi) is 5.79. The maximum absolute atomic E-state index is 11.7. The minimum absolute atomic E-state index is 0.00877. The van der Waals surface area contributed by atoms with E-state index in [0.29, 0.717) is 19.4 Å². The largest absolute Gasteiger partial charge is 0.481 e. The van der Waals surface area contributed by atoms with Gasteiger partial charge in [-0.1, -0.05) is 12.8 Å². The lowest BCUT2D eigenvalue weighted by Gasteiger charge is -2.22. The number of hydrogen-bond donors (Lipinski definition) is 2. The summed E-state index contributed by atoms with van der Waals surface area (Å²) < 4.78 is 4.73. The average Bonchev–Trinajstić information content (AvgIpc) is 2.79. The summed E-state index contributed by atoms with van der Waals surface area (Å²) in [6.45, 7) is 2.22. The Labute approximate surface area is 112 Å². The molecule has 0 aromatic carbocycles. The molecule has 6 nitrogen and oxygen atoms in total. The highest BCUT2D eigenvalue weighted by atomic mass is 16.5. The first-order valence-electron chi connectivity index (χ1n) is 6.66. The van der Waals surface area contributed by atoms with E-state index >= 15 is 0 Å². The molecule has 19 heavy (non-hydrogen) atoms. The van der Waals surface area contributed by atoms with Gasteiger partial charge in [-0.05, 0) is 19.8 Å². The lowest BCUT2D eigenvalue weighted by atomic mass is 9.82. The normalized spacial score (nSPS) is 16.9. The molecule has 1 fully saturated rings. The van der Waals surface area contributed by atoms with Crippen LogP contribution in [0.4, 0.5) is 0 Å². The molecular weight excluding hydrogens is 250 g/mol. The van der Waals surface area contributed by atoms with Crippen molar-refractivity contribution in [1.29, 1.82) is 0 Å². The molecule has 0 spiro atoms. The van der Waals surface area contributed by atoms with Gasteiger partial charge in [0, 0.05) is 13.0 Å². The SMILES string of the molecule is CCOC(=O)CCNC(=O)CC1(C(=O)O)CCCC1. The third-order valence-corrected chi connectivity index (χ3v) is 3.47. The number of aliphatic carboxylic acids is 1. The van der Waals surface area contributed by atoms with Crippen molar-refractivity contribution < 1.29 is 24.2 Å². The van der Waals surface area contributed by atoms with Crippen molar-refractivity contribution in [3.63, 3.8) is 0 Å². The third kappa shape index (κ3) is 4.54. The first-order valence-corrected chi connectivity index (χ1v) is 6.66. The Balaban J connectivity index is 2.34. The summed E-state index contributed by atoms with van der Waals surface area (Å²) >= 11 is 0. The highest BCUT2D eigenvalue weighted by Crippen LogP contribution is 2.41. The number of carbonyl (C=O) groups excluding carboxylic acids is 2. The van der Waals surface area contributed by atoms with Crippen LogP contribution in [-0.4, -0.2) is 36.1 Å². The van der Waals surface area contributed by atoms with Gasteiger partial charge < -0.3 is 15.2 Å². The maximum Gasteiger partial charge on any atom is 0.310 e. The summed E-state index contributed by atoms with van der Waals surface area (Å²) in [7, 11) is 0. The van der Waals surface area contributed by atoms with Gasteiger partial charge in [-0.25, -0.2) is 0 Å². The number of ether oxygens (including phenoxy) is 1. The number of rotatable bonds is 7. The first kappa shape index (κ1) is 15.5. The van der Waals surface area contributed by atoms with Crippen molar-refractivity contribution in [2.45, 2.75) is 45.4 Å². The number of amides is 1. The number of carboxylic acids is 1. The highest BCUT2D eigenvalue weighted by Gasteiger charge is 2.42. The van der Waals surface area contributed by atoms with Crippen LogP contribution in [0.15, 0.2) is 0 Å². The number of nitrogens with one attached hydrogen (secondary N) is 1. The van der Waals surface area contributed by atoms with Crippen LogP contribution in [0.1, 0.15) is 45.4 Å². The number of esters is 1. The molecular formula is C13H21NO5. The zero-order valence-electron chi connectivity index (χ0n) is 11.2. The molecule has 0 aromatic heterocycles. The van der Waals surface area contributed by atoms with E-state index in [2.05, 4.69) is 5.32 Å². The van der Waals surface area contributed by atoms with Crippen molar-refractivity contribution in [3.05, 3.63) is 0 Å². The molecule has 0 unspecified atom stereocenters. The molecule has 1 amide bonds. The number of carboxylic acid groups (broad SMARTS) is 1. The minimum atomic E-state index is -0.909. The second-order valence-electron chi connectivity index (χ2n) is 4.87. The summed E-state index contributed by atoms with van der Waals surface area (Å²) in [4.78, 5) is 34.1. The van der Waals surface area contributed by atoms with Crippen LogP contribution in [0.5, 0.6) is 0 Å². The van der Waals surface area contributed by atoms with Gasteiger partial charge in [0.25, 0.3) is 0 Å². The standard InChI is InChI=1S/C13H21NO5/c1-2-19-11(16)5-8-14-10(15)9-13(12(17)18)6-3-4-7-13/h2-9H2,1H3,(H,14,15)(H,17,18). The van der Waals surface area contributed by atoms with Gasteiger partial charge in [0.15, 0.2) is 0 Å². The predicted molar refractivity (Wildman–Crippen MR) is 67.4 cm³/mol. The van der Waals surface area contributed by atoms with Crippen molar-refractivity contribution >= 4 is 17.8 Å². The van der Waals surface area contributed by atoms with Crippen molar-refractivity contribution in [2.75, 3.05) is 13.2 Å². The smallest absolute Gasteiger partial charge is 0.310 e. The summed E-state index contributed by atoms with van der Waals surface area (Å²) in [6, 6.07) is 0. The monoisotopic (exact) mass is 271 g/mol. The van der Waals surface area contributed by atoms with Crippen LogP contribution < -0.4 is 5.32 Å². The average molecular weight is 271 g/mol. The van der Waals surface area contributed by atoms with E-state index in [-0.39, 0.29) is 31.3 Å². The van der Waals surface area contributed by atoms with Gasteiger partial charge >= 0.3 is 11.9 Å². The van der Waals surface area contributed by atoms with Gasteiger partial charge in [0.1, 0.15) is 0 Å². The van der Waals surface area contributed by atoms with Crippen LogP contribution in [0, 0.1) is 5.41 Å². The molecule has 2 N–H and O–H groups in total. The molecule has 0 bridgehead atoms. The Hall–Kier alpha value is -1.59. The van der Waals surface area contributed by atoms with E-state index in [0.717, 1.165) is 12.8 Å². The number of hydrogen-bond acceptors (Lipinski definition) is 4. The fourth-order valence-electron chi connectivity index (χ4n) is 2.43. The third-order valence-electron chi connectivity index (χ3n) is 3.47. The van der Waals surface area contributed by atoms with Gasteiger partial charge in [0.05, 0.1) is 18.4 Å². The molecule has 0 atom stereocenters. The molecule has 0 saturated heterocycles. The molecule has 0 aliphatic heterocycles. The Morgan fingerprint density at radius 3 is 2.42 bits per heavy atom. The molecule has 6 heteroatoms. The molecule has 1 rings (SSSR count). The minimum Gasteiger partial charge on any atom is -0.481 e. The zero-order valence-corrected chi connectivity index (χ0v) is 11.2. The lowest BCUT2D eigenvalue weighted by molar-refractivity contribution is -0.151. The van der Waals surface area contributed by atoms with E-state index in [1.165, 1.54) is 0 Å². The van der Waals surface area contributed by atoms with Crippen LogP contribution in [0.3, 0.4) is 0 Å². The molecule has 1 saturated carbocycles. The molecule has 1 aliphatic carbocycles. The Morgan fingerprint density at radius 2 is 1.89 bits per heavy atom. The second-order valence-corrected chi connectivity index (χ2v) is 4.87. The van der Waals surface area contributed by atoms with Crippen LogP contribution in [0.2, 0.25) is 0 Å². The van der Waals surface area contributed by atoms with Gasteiger partial charge in [0.2, 0.25) is 5.91 Å². The quantitative estimate of drug-likeness (QED) is 0.676. The summed E-state index contributed by atoms with van der Waals surface area (Å²) in [5, 5.41) is 11.8. The molecule has 0 aromatic rings. The Morgan fingerprint density at radius 1 is 1.26 bits per heavy atom. The summed E-state index contributed by atoms with van der Waals surface area (Å²) in [5.41, 5.74) is -0.909.